The number of fused-ring (bicyclic) bond motifs is 1. The number of benzene rings is 1. The number of aromatic nitrogens is 2. The van der Waals surface area contributed by atoms with Crippen molar-refractivity contribution in [3.63, 3.8) is 0 Å². The number of carbonyl (C=O) groups excluding carboxylic acids is 2. The van der Waals surface area contributed by atoms with E-state index in [-0.39, 0.29) is 23.4 Å². The van der Waals surface area contributed by atoms with Gasteiger partial charge in [0.15, 0.2) is 0 Å². The zero-order valence-electron chi connectivity index (χ0n) is 15.8. The average Bonchev–Trinajstić information content (AvgIpc) is 3.18. The van der Waals surface area contributed by atoms with Crippen molar-refractivity contribution in [2.75, 3.05) is 18.4 Å². The van der Waals surface area contributed by atoms with Crippen LogP contribution < -0.4 is 5.32 Å². The van der Waals surface area contributed by atoms with Crippen LogP contribution in [0, 0.1) is 16.0 Å². The SMILES string of the molecule is O=C(Nc1ccc(Br)cn1)C1CCN(C(=O)c2c[nH]c3ccc([N+](=O)[O-])cc23)CC1. The first-order valence-electron chi connectivity index (χ1n) is 9.39. The fourth-order valence-electron chi connectivity index (χ4n) is 3.59. The molecule has 2 N–H and O–H groups in total. The molecular weight excluding hydrogens is 454 g/mol. The van der Waals surface area contributed by atoms with E-state index in [1.807, 2.05) is 0 Å². The standard InChI is InChI=1S/C20H18BrN5O4/c21-13-1-4-18(23-10-13)24-19(27)12-5-7-25(8-6-12)20(28)16-11-22-17-3-2-14(26(29)30)9-15(16)17/h1-4,9-12,22H,5-8H2,(H,23,24,27). The number of nitrogens with one attached hydrogen (secondary N) is 2. The van der Waals surface area contributed by atoms with Crippen molar-refractivity contribution >= 4 is 50.2 Å². The van der Waals surface area contributed by atoms with Gasteiger partial charge in [0, 0.05) is 58.9 Å². The fourth-order valence-corrected chi connectivity index (χ4v) is 3.83. The minimum Gasteiger partial charge on any atom is -0.360 e. The Hall–Kier alpha value is -3.27. The van der Waals surface area contributed by atoms with E-state index in [0.717, 1.165) is 4.47 Å². The second-order valence-corrected chi connectivity index (χ2v) is 8.02. The van der Waals surface area contributed by atoms with Crippen molar-refractivity contribution in [2.24, 2.45) is 5.92 Å². The van der Waals surface area contributed by atoms with Gasteiger partial charge in [0.2, 0.25) is 5.91 Å². The van der Waals surface area contributed by atoms with Gasteiger partial charge in [-0.1, -0.05) is 0 Å². The Labute approximate surface area is 179 Å². The van der Waals surface area contributed by atoms with Gasteiger partial charge < -0.3 is 15.2 Å². The summed E-state index contributed by atoms with van der Waals surface area (Å²) in [4.78, 5) is 44.9. The van der Waals surface area contributed by atoms with Crippen molar-refractivity contribution in [1.82, 2.24) is 14.9 Å². The van der Waals surface area contributed by atoms with Crippen LogP contribution in [-0.4, -0.2) is 44.7 Å². The molecule has 3 heterocycles. The summed E-state index contributed by atoms with van der Waals surface area (Å²) in [5.41, 5.74) is 1.00. The first kappa shape index (κ1) is 20.0. The van der Waals surface area contributed by atoms with Gasteiger partial charge in [-0.25, -0.2) is 4.98 Å². The van der Waals surface area contributed by atoms with Gasteiger partial charge >= 0.3 is 0 Å². The summed E-state index contributed by atoms with van der Waals surface area (Å²) in [7, 11) is 0. The first-order valence-corrected chi connectivity index (χ1v) is 10.2. The summed E-state index contributed by atoms with van der Waals surface area (Å²) in [6, 6.07) is 7.92. The van der Waals surface area contributed by atoms with E-state index in [9.17, 15) is 19.7 Å². The normalized spacial score (nSPS) is 14.6. The molecular formula is C20H18BrN5O4. The Morgan fingerprint density at radius 2 is 2.00 bits per heavy atom. The Balaban J connectivity index is 1.41. The number of nitrogens with zero attached hydrogens (tertiary/aromatic N) is 3. The van der Waals surface area contributed by atoms with E-state index in [1.165, 1.54) is 12.1 Å². The number of piperidine rings is 1. The quantitative estimate of drug-likeness (QED) is 0.443. The summed E-state index contributed by atoms with van der Waals surface area (Å²) in [5.74, 6) is -0.0273. The Kier molecular flexibility index (Phi) is 5.49. The van der Waals surface area contributed by atoms with Gasteiger partial charge in [-0.15, -0.1) is 0 Å². The zero-order chi connectivity index (χ0) is 21.3. The van der Waals surface area contributed by atoms with Gasteiger partial charge in [-0.2, -0.15) is 0 Å². The number of hydrogen-bond acceptors (Lipinski definition) is 5. The molecule has 3 aromatic rings. The zero-order valence-corrected chi connectivity index (χ0v) is 17.4. The van der Waals surface area contributed by atoms with Crippen LogP contribution in [0.15, 0.2) is 47.2 Å². The summed E-state index contributed by atoms with van der Waals surface area (Å²) >= 11 is 3.30. The number of hydrogen-bond donors (Lipinski definition) is 2. The van der Waals surface area contributed by atoms with Crippen LogP contribution in [-0.2, 0) is 4.79 Å². The maximum atomic E-state index is 13.0. The number of non-ortho nitro benzene ring substituents is 1. The maximum absolute atomic E-state index is 13.0. The Morgan fingerprint density at radius 3 is 2.67 bits per heavy atom. The average molecular weight is 472 g/mol. The van der Waals surface area contributed by atoms with Crippen molar-refractivity contribution in [3.05, 3.63) is 62.9 Å². The van der Waals surface area contributed by atoms with Crippen LogP contribution in [0.3, 0.4) is 0 Å². The third-order valence-electron chi connectivity index (χ3n) is 5.24. The molecule has 1 aliphatic rings. The number of amides is 2. The third kappa shape index (κ3) is 4.04. The Bertz CT molecular complexity index is 1120. The number of H-pyrrole nitrogens is 1. The van der Waals surface area contributed by atoms with Crippen LogP contribution in [0.5, 0.6) is 0 Å². The first-order chi connectivity index (χ1) is 14.4. The Morgan fingerprint density at radius 1 is 1.23 bits per heavy atom. The maximum Gasteiger partial charge on any atom is 0.270 e. The van der Waals surface area contributed by atoms with Crippen LogP contribution in [0.2, 0.25) is 0 Å². The third-order valence-corrected chi connectivity index (χ3v) is 5.71. The van der Waals surface area contributed by atoms with Crippen LogP contribution in [0.25, 0.3) is 10.9 Å². The molecule has 2 aromatic heterocycles. The van der Waals surface area contributed by atoms with Crippen molar-refractivity contribution < 1.29 is 14.5 Å². The molecule has 4 rings (SSSR count). The molecule has 9 nitrogen and oxygen atoms in total. The van der Waals surface area contributed by atoms with E-state index in [4.69, 9.17) is 0 Å². The molecule has 1 aromatic carbocycles. The molecule has 1 saturated heterocycles. The molecule has 154 valence electrons. The number of halogens is 1. The lowest BCUT2D eigenvalue weighted by molar-refractivity contribution is -0.384. The number of likely N-dealkylation sites (tertiary alicyclic amines) is 1. The number of aromatic amines is 1. The summed E-state index contributed by atoms with van der Waals surface area (Å²) < 4.78 is 0.829. The second-order valence-electron chi connectivity index (χ2n) is 7.11. The summed E-state index contributed by atoms with van der Waals surface area (Å²) in [6.45, 7) is 0.874. The van der Waals surface area contributed by atoms with Gasteiger partial charge in [-0.3, -0.25) is 19.7 Å². The van der Waals surface area contributed by atoms with Crippen molar-refractivity contribution in [1.29, 1.82) is 0 Å². The molecule has 1 aliphatic heterocycles. The molecule has 10 heteroatoms. The monoisotopic (exact) mass is 471 g/mol. The predicted molar refractivity (Wildman–Crippen MR) is 114 cm³/mol. The minimum absolute atomic E-state index is 0.0620. The number of nitro benzene ring substituents is 1. The van der Waals surface area contributed by atoms with E-state index in [1.54, 1.807) is 35.5 Å². The van der Waals surface area contributed by atoms with E-state index >= 15 is 0 Å². The fraction of sp³-hybridized carbons (Fsp3) is 0.250. The summed E-state index contributed by atoms with van der Waals surface area (Å²) in [6.07, 6.45) is 4.27. The highest BCUT2D eigenvalue weighted by Crippen LogP contribution is 2.27. The van der Waals surface area contributed by atoms with Gasteiger partial charge in [0.05, 0.1) is 10.5 Å². The smallest absolute Gasteiger partial charge is 0.270 e. The van der Waals surface area contributed by atoms with Crippen LogP contribution >= 0.6 is 15.9 Å². The number of anilines is 1. The van der Waals surface area contributed by atoms with Gasteiger partial charge in [0.1, 0.15) is 5.82 Å². The summed E-state index contributed by atoms with van der Waals surface area (Å²) in [5, 5.41) is 14.4. The molecule has 0 spiro atoms. The molecule has 2 amide bonds. The van der Waals surface area contributed by atoms with Crippen LogP contribution in [0.4, 0.5) is 11.5 Å². The molecule has 0 bridgehead atoms. The predicted octanol–water partition coefficient (Wildman–Crippen LogP) is 3.72. The van der Waals surface area contributed by atoms with E-state index in [2.05, 4.69) is 31.2 Å². The second kappa shape index (κ2) is 8.23. The van der Waals surface area contributed by atoms with E-state index < -0.39 is 4.92 Å². The highest BCUT2D eigenvalue weighted by atomic mass is 79.9. The van der Waals surface area contributed by atoms with Crippen LogP contribution in [0.1, 0.15) is 23.2 Å². The molecule has 0 saturated carbocycles. The highest BCUT2D eigenvalue weighted by Gasteiger charge is 2.29. The molecule has 0 unspecified atom stereocenters. The molecule has 30 heavy (non-hydrogen) atoms. The largest absolute Gasteiger partial charge is 0.360 e. The van der Waals surface area contributed by atoms with E-state index in [0.29, 0.717) is 48.2 Å². The van der Waals surface area contributed by atoms with Gasteiger partial charge in [0.25, 0.3) is 11.6 Å². The number of nitro groups is 1. The molecule has 1 fully saturated rings. The van der Waals surface area contributed by atoms with Crippen molar-refractivity contribution in [3.8, 4) is 0 Å². The number of pyridine rings is 1. The molecule has 0 aliphatic carbocycles. The minimum atomic E-state index is -0.481. The highest BCUT2D eigenvalue weighted by molar-refractivity contribution is 9.10. The van der Waals surface area contributed by atoms with Crippen molar-refractivity contribution in [2.45, 2.75) is 12.8 Å². The number of carbonyl (C=O) groups is 2. The topological polar surface area (TPSA) is 121 Å². The van der Waals surface area contributed by atoms with Gasteiger partial charge in [-0.05, 0) is 47.0 Å². The lowest BCUT2D eigenvalue weighted by Crippen LogP contribution is -2.41. The number of rotatable bonds is 4. The molecule has 0 atom stereocenters. The lowest BCUT2D eigenvalue weighted by Gasteiger charge is -2.31. The molecule has 0 radical (unpaired) electrons. The lowest BCUT2D eigenvalue weighted by atomic mass is 9.95.